The van der Waals surface area contributed by atoms with E-state index in [2.05, 4.69) is 21.9 Å². The Morgan fingerprint density at radius 1 is 1.37 bits per heavy atom. The molecule has 0 aliphatic carbocycles. The van der Waals surface area contributed by atoms with E-state index in [9.17, 15) is 0 Å². The summed E-state index contributed by atoms with van der Waals surface area (Å²) in [4.78, 5) is 11.9. The van der Waals surface area contributed by atoms with E-state index in [1.807, 2.05) is 19.1 Å². The summed E-state index contributed by atoms with van der Waals surface area (Å²) >= 11 is 5.28. The Bertz CT molecular complexity index is 620. The number of ether oxygens (including phenoxy) is 1. The highest BCUT2D eigenvalue weighted by molar-refractivity contribution is 7.71. The number of hydrogen-bond acceptors (Lipinski definition) is 4. The van der Waals surface area contributed by atoms with Gasteiger partial charge in [-0.2, -0.15) is 0 Å². The highest BCUT2D eigenvalue weighted by atomic mass is 32.1. The number of methoxy groups -OCH3 is 1. The van der Waals surface area contributed by atoms with E-state index in [1.54, 1.807) is 13.3 Å². The molecule has 100 valence electrons. The second-order valence-electron chi connectivity index (χ2n) is 4.33. The minimum Gasteiger partial charge on any atom is -0.481 e. The van der Waals surface area contributed by atoms with Gasteiger partial charge in [0, 0.05) is 29.9 Å². The van der Waals surface area contributed by atoms with Gasteiger partial charge in [-0.05, 0) is 18.9 Å². The maximum atomic E-state index is 5.28. The van der Waals surface area contributed by atoms with Gasteiger partial charge in [0.1, 0.15) is 10.5 Å². The average Bonchev–Trinajstić information content (AvgIpc) is 2.43. The summed E-state index contributed by atoms with van der Waals surface area (Å²) in [7, 11) is 1.61. The van der Waals surface area contributed by atoms with Crippen LogP contribution in [0.25, 0.3) is 0 Å². The lowest BCUT2D eigenvalue weighted by molar-refractivity contribution is 0.397. The molecule has 4 nitrogen and oxygen atoms in total. The molecule has 0 aliphatic rings. The smallest absolute Gasteiger partial charge is 0.212 e. The fourth-order valence-electron chi connectivity index (χ4n) is 1.90. The summed E-state index contributed by atoms with van der Waals surface area (Å²) in [5.41, 5.74) is 3.29. The number of aromatic nitrogens is 3. The Kier molecular flexibility index (Phi) is 4.27. The molecule has 2 rings (SSSR count). The maximum Gasteiger partial charge on any atom is 0.212 e. The van der Waals surface area contributed by atoms with E-state index >= 15 is 0 Å². The van der Waals surface area contributed by atoms with Gasteiger partial charge >= 0.3 is 0 Å². The number of H-pyrrole nitrogens is 1. The van der Waals surface area contributed by atoms with Crippen LogP contribution in [0.1, 0.15) is 29.6 Å². The molecule has 2 heterocycles. The number of nitrogens with zero attached hydrogens (tertiary/aromatic N) is 2. The summed E-state index contributed by atoms with van der Waals surface area (Å²) in [5, 5.41) is 0. The number of pyridine rings is 1. The van der Waals surface area contributed by atoms with Crippen LogP contribution in [0.15, 0.2) is 18.3 Å². The molecule has 0 fully saturated rings. The van der Waals surface area contributed by atoms with Crippen molar-refractivity contribution in [1.29, 1.82) is 0 Å². The normalized spacial score (nSPS) is 10.5. The third kappa shape index (κ3) is 3.17. The summed E-state index contributed by atoms with van der Waals surface area (Å²) in [6, 6.07) is 3.83. The van der Waals surface area contributed by atoms with Crippen LogP contribution in [0.4, 0.5) is 0 Å². The highest BCUT2D eigenvalue weighted by Gasteiger charge is 2.05. The Morgan fingerprint density at radius 2 is 2.16 bits per heavy atom. The summed E-state index contributed by atoms with van der Waals surface area (Å²) in [6.45, 7) is 4.11. The Labute approximate surface area is 117 Å². The molecule has 2 aromatic heterocycles. The Morgan fingerprint density at radius 3 is 2.74 bits per heavy atom. The molecular formula is C14H17N3OS. The summed E-state index contributed by atoms with van der Waals surface area (Å²) < 4.78 is 5.71. The quantitative estimate of drug-likeness (QED) is 0.871. The minimum absolute atomic E-state index is 0.614. The lowest BCUT2D eigenvalue weighted by Gasteiger charge is -2.08. The molecule has 0 bridgehead atoms. The van der Waals surface area contributed by atoms with Gasteiger partial charge in [-0.25, -0.2) is 9.97 Å². The SMILES string of the molecule is CCc1[nH]c(Cc2ccc(OC)nc2)nc(=S)c1C. The van der Waals surface area contributed by atoms with Crippen molar-refractivity contribution in [2.45, 2.75) is 26.7 Å². The molecule has 0 radical (unpaired) electrons. The van der Waals surface area contributed by atoms with Gasteiger partial charge in [-0.3, -0.25) is 0 Å². The lowest BCUT2D eigenvalue weighted by atomic mass is 10.1. The maximum absolute atomic E-state index is 5.28. The second kappa shape index (κ2) is 5.93. The van der Waals surface area contributed by atoms with Crippen molar-refractivity contribution in [2.24, 2.45) is 0 Å². The molecule has 2 aromatic rings. The van der Waals surface area contributed by atoms with Crippen molar-refractivity contribution in [1.82, 2.24) is 15.0 Å². The van der Waals surface area contributed by atoms with Crippen molar-refractivity contribution in [3.8, 4) is 5.88 Å². The molecule has 0 spiro atoms. The second-order valence-corrected chi connectivity index (χ2v) is 4.72. The molecule has 0 aromatic carbocycles. The number of rotatable bonds is 4. The van der Waals surface area contributed by atoms with Crippen molar-refractivity contribution in [3.63, 3.8) is 0 Å². The molecule has 0 saturated heterocycles. The highest BCUT2D eigenvalue weighted by Crippen LogP contribution is 2.12. The van der Waals surface area contributed by atoms with E-state index in [1.165, 1.54) is 0 Å². The third-order valence-electron chi connectivity index (χ3n) is 3.04. The zero-order chi connectivity index (χ0) is 13.8. The molecule has 0 saturated carbocycles. The average molecular weight is 275 g/mol. The fourth-order valence-corrected chi connectivity index (χ4v) is 2.13. The van der Waals surface area contributed by atoms with E-state index in [4.69, 9.17) is 17.0 Å². The van der Waals surface area contributed by atoms with Crippen molar-refractivity contribution in [3.05, 3.63) is 45.6 Å². The van der Waals surface area contributed by atoms with Crippen LogP contribution in [0.3, 0.4) is 0 Å². The van der Waals surface area contributed by atoms with Gasteiger partial charge in [-0.1, -0.05) is 25.2 Å². The number of aromatic amines is 1. The molecule has 5 heteroatoms. The van der Waals surface area contributed by atoms with Crippen LogP contribution in [-0.4, -0.2) is 22.1 Å². The van der Waals surface area contributed by atoms with Crippen LogP contribution in [0.2, 0.25) is 0 Å². The third-order valence-corrected chi connectivity index (χ3v) is 3.43. The van der Waals surface area contributed by atoms with Crippen molar-refractivity contribution in [2.75, 3.05) is 7.11 Å². The van der Waals surface area contributed by atoms with Gasteiger partial charge < -0.3 is 9.72 Å². The standard InChI is InChI=1S/C14H17N3OS/c1-4-11-9(2)14(19)17-12(16-11)7-10-5-6-13(18-3)15-8-10/h5-6,8H,4,7H2,1-3H3,(H,16,17,19). The number of nitrogens with one attached hydrogen (secondary N) is 1. The summed E-state index contributed by atoms with van der Waals surface area (Å²) in [6.07, 6.45) is 3.41. The van der Waals surface area contributed by atoms with Gasteiger partial charge in [0.05, 0.1) is 7.11 Å². The first-order chi connectivity index (χ1) is 9.13. The molecular weight excluding hydrogens is 258 g/mol. The van der Waals surface area contributed by atoms with Gasteiger partial charge in [-0.15, -0.1) is 0 Å². The topological polar surface area (TPSA) is 50.8 Å². The van der Waals surface area contributed by atoms with Crippen LogP contribution >= 0.6 is 12.2 Å². The van der Waals surface area contributed by atoms with E-state index in [-0.39, 0.29) is 0 Å². The van der Waals surface area contributed by atoms with Crippen LogP contribution < -0.4 is 4.74 Å². The monoisotopic (exact) mass is 275 g/mol. The van der Waals surface area contributed by atoms with E-state index in [0.29, 0.717) is 16.9 Å². The first-order valence-corrected chi connectivity index (χ1v) is 6.62. The van der Waals surface area contributed by atoms with Crippen LogP contribution in [0, 0.1) is 11.6 Å². The molecule has 0 amide bonds. The zero-order valence-corrected chi connectivity index (χ0v) is 12.2. The summed E-state index contributed by atoms with van der Waals surface area (Å²) in [5.74, 6) is 1.49. The Hall–Kier alpha value is -1.75. The first-order valence-electron chi connectivity index (χ1n) is 6.21. The first kappa shape index (κ1) is 13.7. The lowest BCUT2D eigenvalue weighted by Crippen LogP contribution is -2.03. The predicted molar refractivity (Wildman–Crippen MR) is 77.1 cm³/mol. The largest absolute Gasteiger partial charge is 0.481 e. The van der Waals surface area contributed by atoms with Gasteiger partial charge in [0.15, 0.2) is 0 Å². The van der Waals surface area contributed by atoms with Crippen LogP contribution in [-0.2, 0) is 12.8 Å². The molecule has 0 aliphatic heterocycles. The van der Waals surface area contributed by atoms with Crippen molar-refractivity contribution < 1.29 is 4.74 Å². The van der Waals surface area contributed by atoms with Gasteiger partial charge in [0.2, 0.25) is 5.88 Å². The zero-order valence-electron chi connectivity index (χ0n) is 11.4. The number of aryl methyl sites for hydroxylation is 1. The molecule has 0 unspecified atom stereocenters. The predicted octanol–water partition coefficient (Wildman–Crippen LogP) is 3.00. The molecule has 0 atom stereocenters. The van der Waals surface area contributed by atoms with Crippen molar-refractivity contribution >= 4 is 12.2 Å². The molecule has 1 N–H and O–H groups in total. The Balaban J connectivity index is 2.27. The number of hydrogen-bond donors (Lipinski definition) is 1. The van der Waals surface area contributed by atoms with E-state index in [0.717, 1.165) is 29.1 Å². The molecule has 19 heavy (non-hydrogen) atoms. The van der Waals surface area contributed by atoms with Gasteiger partial charge in [0.25, 0.3) is 0 Å². The van der Waals surface area contributed by atoms with E-state index < -0.39 is 0 Å². The van der Waals surface area contributed by atoms with Crippen LogP contribution in [0.5, 0.6) is 5.88 Å². The minimum atomic E-state index is 0.614. The fraction of sp³-hybridized carbons (Fsp3) is 0.357.